The molecule has 0 unspecified atom stereocenters. The van der Waals surface area contributed by atoms with Gasteiger partial charge in [0.15, 0.2) is 0 Å². The maximum absolute atomic E-state index is 14.4. The Morgan fingerprint density at radius 2 is 1.36 bits per heavy atom. The van der Waals surface area contributed by atoms with E-state index in [0.717, 1.165) is 23.4 Å². The number of aromatic amines is 1. The monoisotopic (exact) mass is 1040 g/mol. The van der Waals surface area contributed by atoms with Gasteiger partial charge in [-0.1, -0.05) is 58.0 Å². The largest absolute Gasteiger partial charge is 1.00 e. The fourth-order valence-electron chi connectivity index (χ4n) is 8.85. The van der Waals surface area contributed by atoms with Gasteiger partial charge in [-0.25, -0.2) is 4.57 Å². The van der Waals surface area contributed by atoms with Crippen LogP contribution in [0.4, 0.5) is 0 Å². The van der Waals surface area contributed by atoms with Gasteiger partial charge >= 0.3 is 66.9 Å². The number of nitrogens with zero attached hydrogens (tertiary/aromatic N) is 3. The number of hydrogen-bond donors (Lipinski definition) is 9. The number of fused-ring (bicyclic) bond motifs is 1. The fraction of sp³-hybridized carbons (Fsp3) is 0.532. The van der Waals surface area contributed by atoms with E-state index in [1.807, 2.05) is 38.1 Å². The Bertz CT molecular complexity index is 2450. The maximum Gasteiger partial charge on any atom is 1.00 e. The van der Waals surface area contributed by atoms with E-state index in [1.165, 1.54) is 34.1 Å². The average Bonchev–Trinajstić information content (AvgIpc) is 4.07. The summed E-state index contributed by atoms with van der Waals surface area (Å²) in [5.41, 5.74) is 2.02. The minimum atomic E-state index is -4.83. The number of carbonyl (C=O) groups excluding carboxylic acids is 6. The minimum Gasteiger partial charge on any atom is -0.862 e. The molecule has 2 aliphatic rings. The molecular weight excluding hydrogens is 976 g/mol. The number of para-hydroxylation sites is 1. The molecule has 2 fully saturated rings. The Morgan fingerprint density at radius 3 is 1.96 bits per heavy atom. The Kier molecular flexibility index (Phi) is 24.4. The second kappa shape index (κ2) is 28.4. The van der Waals surface area contributed by atoms with Crippen LogP contribution in [0.3, 0.4) is 0 Å². The van der Waals surface area contributed by atoms with Crippen LogP contribution < -0.4 is 95.1 Å². The summed E-state index contributed by atoms with van der Waals surface area (Å²) in [4.78, 5) is 112. The van der Waals surface area contributed by atoms with Crippen molar-refractivity contribution in [2.75, 3.05) is 19.7 Å². The van der Waals surface area contributed by atoms with Gasteiger partial charge in [-0.15, -0.1) is 0 Å². The van der Waals surface area contributed by atoms with Crippen molar-refractivity contribution in [2.24, 2.45) is 16.8 Å². The molecule has 3 aromatic rings. The van der Waals surface area contributed by atoms with Crippen LogP contribution in [0.5, 0.6) is 5.75 Å². The SMILES string of the molecule is CC([O-])=N[C@@H](Cc1ccc(OP(=O)(O)O)cc1)C(=O)N[C@@H](CC(C)C)C(=O)N[C@@H](CO)C(=O)N[C@@H](CC(C)C)C(=O)N1CCC[C@H]1C(=O)N1CCC[C@H]1C(=O)N[C@@H](Cc1c[nH]c2ccccc12)C(=N)[O-].[Na+].[Na+]. The van der Waals surface area contributed by atoms with Crippen molar-refractivity contribution in [3.8, 4) is 5.75 Å². The topological polar surface area (TPSA) is 342 Å². The Labute approximate surface area is 462 Å². The molecular formula is C47H64N9Na2O13P. The van der Waals surface area contributed by atoms with E-state index in [9.17, 15) is 48.7 Å². The molecule has 1 aromatic heterocycles. The number of phosphoric acid groups is 1. The maximum atomic E-state index is 14.4. The second-order valence-corrected chi connectivity index (χ2v) is 19.8. The van der Waals surface area contributed by atoms with E-state index in [2.05, 4.69) is 35.8 Å². The Morgan fingerprint density at radius 1 is 0.792 bits per heavy atom. The van der Waals surface area contributed by atoms with E-state index in [1.54, 1.807) is 20.0 Å². The molecule has 7 atom stereocenters. The zero-order valence-electron chi connectivity index (χ0n) is 41.9. The van der Waals surface area contributed by atoms with Crippen LogP contribution in [0.1, 0.15) is 84.3 Å². The molecule has 382 valence electrons. The summed E-state index contributed by atoms with van der Waals surface area (Å²) >= 11 is 0. The number of phosphoric ester groups is 1. The predicted octanol–water partition coefficient (Wildman–Crippen LogP) is -6.08. The Hall–Kier alpha value is -4.35. The Balaban J connectivity index is 0.00000684. The first-order chi connectivity index (χ1) is 33.0. The van der Waals surface area contributed by atoms with Gasteiger partial charge in [0, 0.05) is 36.6 Å². The zero-order valence-corrected chi connectivity index (χ0v) is 46.8. The number of carbonyl (C=O) groups is 6. The summed E-state index contributed by atoms with van der Waals surface area (Å²) in [6.45, 7) is 7.85. The van der Waals surface area contributed by atoms with Crippen molar-refractivity contribution in [3.05, 3.63) is 65.9 Å². The zero-order chi connectivity index (χ0) is 51.4. The average molecular weight is 1040 g/mol. The van der Waals surface area contributed by atoms with Crippen molar-refractivity contribution in [1.29, 1.82) is 5.41 Å². The molecule has 0 bridgehead atoms. The van der Waals surface area contributed by atoms with Crippen molar-refractivity contribution in [3.63, 3.8) is 0 Å². The second-order valence-electron chi connectivity index (χ2n) is 18.6. The molecule has 0 saturated carbocycles. The number of aromatic nitrogens is 1. The van der Waals surface area contributed by atoms with E-state index in [4.69, 9.17) is 15.2 Å². The van der Waals surface area contributed by atoms with Gasteiger partial charge in [0.05, 0.1) is 12.6 Å². The molecule has 72 heavy (non-hydrogen) atoms. The number of aliphatic hydroxyl groups excluding tert-OH is 1. The summed E-state index contributed by atoms with van der Waals surface area (Å²) in [6.07, 6.45) is 3.34. The van der Waals surface area contributed by atoms with Crippen molar-refractivity contribution >= 4 is 66.0 Å². The molecule has 6 amide bonds. The number of hydrogen-bond acceptors (Lipinski definition) is 13. The molecule has 2 aromatic carbocycles. The van der Waals surface area contributed by atoms with Crippen LogP contribution in [0.15, 0.2) is 59.7 Å². The summed E-state index contributed by atoms with van der Waals surface area (Å²) in [5, 5.41) is 54.2. The standard InChI is InChI=1S/C47H66N9O13P.2Na/c1-26(2)20-35(52-43(61)36(50-28(5)58)22-29-14-16-31(17-15-29)69-70(66,67)68)42(60)54-38(25-57)44(62)53-37(21-27(3)4)46(64)56-19-9-13-40(56)47(65)55-18-8-12-39(55)45(63)51-34(41(48)59)23-30-24-49-33-11-7-6-10-32(30)33;;/h6-7,10-11,14-17,24,26-27,34-40,49,57H,8-9,12-13,18-23,25H2,1-5H3,(H2,48,59)(H,50,58)(H,51,63)(H,52,61)(H,53,62)(H,54,60)(H2,66,67,68);;/q;2*+1/p-2/t34-,35-,36-,37-,38-,39-,40-;;/m0../s1. The third kappa shape index (κ3) is 17.7. The number of aliphatic hydroxyl groups is 1. The predicted molar refractivity (Wildman–Crippen MR) is 253 cm³/mol. The van der Waals surface area contributed by atoms with E-state index in [0.29, 0.717) is 24.8 Å². The summed E-state index contributed by atoms with van der Waals surface area (Å²) in [7, 11) is -4.83. The molecule has 22 nitrogen and oxygen atoms in total. The summed E-state index contributed by atoms with van der Waals surface area (Å²) in [5.74, 6) is -6.36. The smallest absolute Gasteiger partial charge is 0.862 e. The number of likely N-dealkylation sites (tertiary alicyclic amines) is 2. The number of H-pyrrole nitrogens is 1. The van der Waals surface area contributed by atoms with Gasteiger partial charge < -0.3 is 61.3 Å². The summed E-state index contributed by atoms with van der Waals surface area (Å²) in [6, 6.07) is 4.29. The normalized spacial score (nSPS) is 18.0. The van der Waals surface area contributed by atoms with E-state index in [-0.39, 0.29) is 122 Å². The van der Waals surface area contributed by atoms with Crippen LogP contribution in [-0.4, -0.2) is 139 Å². The van der Waals surface area contributed by atoms with Gasteiger partial charge in [-0.2, -0.15) is 0 Å². The molecule has 5 rings (SSSR count). The van der Waals surface area contributed by atoms with Crippen LogP contribution in [0, 0.1) is 17.2 Å². The minimum absolute atomic E-state index is 0. The van der Waals surface area contributed by atoms with Crippen LogP contribution in [0.25, 0.3) is 10.9 Å². The molecule has 25 heteroatoms. The third-order valence-electron chi connectivity index (χ3n) is 12.1. The first-order valence-corrected chi connectivity index (χ1v) is 24.9. The molecule has 2 aliphatic heterocycles. The number of amides is 6. The van der Waals surface area contributed by atoms with E-state index >= 15 is 0 Å². The van der Waals surface area contributed by atoms with Crippen molar-refractivity contribution in [1.82, 2.24) is 36.1 Å². The van der Waals surface area contributed by atoms with Gasteiger partial charge in [-0.05, 0) is 105 Å². The molecule has 9 N–H and O–H groups in total. The first-order valence-electron chi connectivity index (χ1n) is 23.3. The summed E-state index contributed by atoms with van der Waals surface area (Å²) < 4.78 is 15.8. The van der Waals surface area contributed by atoms with Gasteiger partial charge in [-0.3, -0.25) is 43.5 Å². The van der Waals surface area contributed by atoms with Crippen molar-refractivity contribution < 1.29 is 122 Å². The molecule has 0 radical (unpaired) electrons. The van der Waals surface area contributed by atoms with Crippen LogP contribution in [-0.2, 0) is 46.2 Å². The molecule has 0 aliphatic carbocycles. The number of aliphatic imine (C=N–C) groups is 1. The molecule has 0 spiro atoms. The quantitative estimate of drug-likeness (QED) is 0.0185. The molecule has 2 saturated heterocycles. The number of nitrogens with one attached hydrogen (secondary N) is 6. The van der Waals surface area contributed by atoms with Crippen LogP contribution >= 0.6 is 7.82 Å². The number of benzene rings is 2. The van der Waals surface area contributed by atoms with E-state index < -0.39 is 104 Å². The van der Waals surface area contributed by atoms with Gasteiger partial charge in [0.1, 0.15) is 42.0 Å². The number of rotatable bonds is 23. The first kappa shape index (κ1) is 61.9. The third-order valence-corrected chi connectivity index (χ3v) is 12.5. The molecule has 3 heterocycles. The van der Waals surface area contributed by atoms with Crippen molar-refractivity contribution in [2.45, 2.75) is 128 Å². The fourth-order valence-corrected chi connectivity index (χ4v) is 9.24. The van der Waals surface area contributed by atoms with Crippen LogP contribution in [0.2, 0.25) is 0 Å². The van der Waals surface area contributed by atoms with Gasteiger partial charge in [0.25, 0.3) is 0 Å². The van der Waals surface area contributed by atoms with Gasteiger partial charge in [0.2, 0.25) is 35.4 Å².